The average Bonchev–Trinajstić information content (AvgIpc) is 2.27. The van der Waals surface area contributed by atoms with E-state index in [1.54, 1.807) is 0 Å². The summed E-state index contributed by atoms with van der Waals surface area (Å²) < 4.78 is 68.8. The summed E-state index contributed by atoms with van der Waals surface area (Å²) in [6.07, 6.45) is -8.04. The first-order valence-corrected chi connectivity index (χ1v) is 5.35. The molecule has 0 bridgehead atoms. The summed E-state index contributed by atoms with van der Waals surface area (Å²) in [5.41, 5.74) is -2.72. The molecule has 0 saturated heterocycles. The van der Waals surface area contributed by atoms with E-state index in [0.717, 1.165) is 13.0 Å². The second kappa shape index (κ2) is 5.54. The number of hydrogen-bond donors (Lipinski definition) is 0. The van der Waals surface area contributed by atoms with Gasteiger partial charge >= 0.3 is 6.18 Å². The lowest BCUT2D eigenvalue weighted by Gasteiger charge is -2.18. The smallest absolute Gasteiger partial charge is 0.419 e. The molecule has 0 unspecified atom stereocenters. The van der Waals surface area contributed by atoms with E-state index in [-0.39, 0.29) is 6.61 Å². The molecule has 0 saturated carbocycles. The average molecular weight is 282 g/mol. The van der Waals surface area contributed by atoms with E-state index >= 15 is 0 Å². The van der Waals surface area contributed by atoms with Crippen molar-refractivity contribution in [1.82, 2.24) is 0 Å². The van der Waals surface area contributed by atoms with Gasteiger partial charge in [-0.2, -0.15) is 13.2 Å². The van der Waals surface area contributed by atoms with Crippen molar-refractivity contribution in [2.75, 3.05) is 6.61 Å². The number of carbonyl (C=O) groups excluding carboxylic acids is 1. The predicted molar refractivity (Wildman–Crippen MR) is 57.6 cm³/mol. The van der Waals surface area contributed by atoms with Gasteiger partial charge in [-0.15, -0.1) is 0 Å². The molecule has 2 nitrogen and oxygen atoms in total. The molecule has 106 valence electrons. The zero-order chi connectivity index (χ0) is 14.8. The van der Waals surface area contributed by atoms with Crippen molar-refractivity contribution >= 4 is 5.78 Å². The van der Waals surface area contributed by atoms with Gasteiger partial charge in [-0.3, -0.25) is 4.79 Å². The Hall–Kier alpha value is -1.66. The molecule has 0 aliphatic carbocycles. The lowest BCUT2D eigenvalue weighted by Crippen LogP contribution is -2.13. The highest BCUT2D eigenvalue weighted by molar-refractivity contribution is 5.94. The van der Waals surface area contributed by atoms with E-state index in [0.29, 0.717) is 6.07 Å². The zero-order valence-electron chi connectivity index (χ0n) is 10.1. The predicted octanol–water partition coefficient (Wildman–Crippen LogP) is 4.24. The maximum absolute atomic E-state index is 12.8. The molecular weight excluding hydrogens is 271 g/mol. The third-order valence-electron chi connectivity index (χ3n) is 2.35. The number of carbonyl (C=O) groups is 1. The molecule has 19 heavy (non-hydrogen) atoms. The third kappa shape index (κ3) is 3.42. The van der Waals surface area contributed by atoms with Gasteiger partial charge in [0.15, 0.2) is 5.78 Å². The van der Waals surface area contributed by atoms with Gasteiger partial charge < -0.3 is 4.74 Å². The minimum absolute atomic E-state index is 0.192. The summed E-state index contributed by atoms with van der Waals surface area (Å²) in [6, 6.07) is 1.26. The molecule has 0 amide bonds. The first-order chi connectivity index (χ1) is 8.68. The van der Waals surface area contributed by atoms with Gasteiger partial charge in [-0.25, -0.2) is 8.78 Å². The minimum Gasteiger partial charge on any atom is -0.493 e. The van der Waals surface area contributed by atoms with E-state index in [2.05, 4.69) is 4.74 Å². The van der Waals surface area contributed by atoms with Crippen LogP contribution in [-0.4, -0.2) is 12.4 Å². The van der Waals surface area contributed by atoms with E-state index in [1.165, 1.54) is 6.92 Å². The van der Waals surface area contributed by atoms with Crippen LogP contribution in [0.3, 0.4) is 0 Å². The summed E-state index contributed by atoms with van der Waals surface area (Å²) in [5.74, 6) is -1.65. The number of hydrogen-bond acceptors (Lipinski definition) is 2. The second-order valence-corrected chi connectivity index (χ2v) is 3.73. The van der Waals surface area contributed by atoms with Crippen LogP contribution >= 0.6 is 0 Å². The SMILES string of the molecule is CCOc1c(C(F)F)cc(C(C)=O)cc1C(F)(F)F. The summed E-state index contributed by atoms with van der Waals surface area (Å²) in [4.78, 5) is 11.1. The number of rotatable bonds is 4. The summed E-state index contributed by atoms with van der Waals surface area (Å²) in [5, 5.41) is 0. The van der Waals surface area contributed by atoms with E-state index in [1.807, 2.05) is 0 Å². The van der Waals surface area contributed by atoms with Gasteiger partial charge in [0.2, 0.25) is 0 Å². The van der Waals surface area contributed by atoms with Gasteiger partial charge in [0, 0.05) is 5.56 Å². The topological polar surface area (TPSA) is 26.3 Å². The Morgan fingerprint density at radius 2 is 1.89 bits per heavy atom. The Kier molecular flexibility index (Phi) is 4.49. The number of ether oxygens (including phenoxy) is 1. The number of ketones is 1. The van der Waals surface area contributed by atoms with Crippen LogP contribution in [0.5, 0.6) is 5.75 Å². The van der Waals surface area contributed by atoms with Crippen LogP contribution in [0.1, 0.15) is 41.8 Å². The van der Waals surface area contributed by atoms with Crippen LogP contribution in [0.2, 0.25) is 0 Å². The Morgan fingerprint density at radius 3 is 2.26 bits per heavy atom. The van der Waals surface area contributed by atoms with E-state index in [9.17, 15) is 26.7 Å². The normalized spacial score (nSPS) is 11.8. The van der Waals surface area contributed by atoms with Gasteiger partial charge in [0.05, 0.1) is 17.7 Å². The Balaban J connectivity index is 3.60. The molecule has 1 aromatic rings. The molecule has 0 aromatic heterocycles. The molecule has 7 heteroatoms. The summed E-state index contributed by atoms with van der Waals surface area (Å²) >= 11 is 0. The van der Waals surface area contributed by atoms with Crippen LogP contribution in [0, 0.1) is 0 Å². The van der Waals surface area contributed by atoms with E-state index in [4.69, 9.17) is 0 Å². The lowest BCUT2D eigenvalue weighted by molar-refractivity contribution is -0.139. The fraction of sp³-hybridized carbons (Fsp3) is 0.417. The van der Waals surface area contributed by atoms with Gasteiger partial charge in [-0.1, -0.05) is 0 Å². The minimum atomic E-state index is -4.88. The first kappa shape index (κ1) is 15.4. The fourth-order valence-corrected chi connectivity index (χ4v) is 1.53. The van der Waals surface area contributed by atoms with Crippen molar-refractivity contribution in [3.63, 3.8) is 0 Å². The molecule has 0 N–H and O–H groups in total. The summed E-state index contributed by atoms with van der Waals surface area (Å²) in [7, 11) is 0. The molecular formula is C12H11F5O2. The molecule has 0 heterocycles. The zero-order valence-corrected chi connectivity index (χ0v) is 10.1. The molecule has 0 aliphatic rings. The molecule has 0 aliphatic heterocycles. The number of halogens is 5. The van der Waals surface area contributed by atoms with Crippen molar-refractivity contribution in [3.05, 3.63) is 28.8 Å². The maximum Gasteiger partial charge on any atom is 0.419 e. The Labute approximate surface area is 106 Å². The van der Waals surface area contributed by atoms with E-state index < -0.39 is 40.8 Å². The van der Waals surface area contributed by atoms with Crippen LogP contribution in [-0.2, 0) is 6.18 Å². The van der Waals surface area contributed by atoms with Crippen LogP contribution < -0.4 is 4.74 Å². The highest BCUT2D eigenvalue weighted by Crippen LogP contribution is 2.42. The number of Topliss-reactive ketones (excluding diaryl/α,β-unsaturated/α-hetero) is 1. The molecule has 0 spiro atoms. The third-order valence-corrected chi connectivity index (χ3v) is 2.35. The molecule has 0 radical (unpaired) electrons. The highest BCUT2D eigenvalue weighted by atomic mass is 19.4. The summed E-state index contributed by atoms with van der Waals surface area (Å²) in [6.45, 7) is 2.20. The van der Waals surface area contributed by atoms with Crippen LogP contribution in [0.4, 0.5) is 22.0 Å². The molecule has 0 atom stereocenters. The van der Waals surface area contributed by atoms with Gasteiger partial charge in [0.25, 0.3) is 6.43 Å². The fourth-order valence-electron chi connectivity index (χ4n) is 1.53. The monoisotopic (exact) mass is 282 g/mol. The van der Waals surface area contributed by atoms with Crippen molar-refractivity contribution in [2.45, 2.75) is 26.4 Å². The second-order valence-electron chi connectivity index (χ2n) is 3.73. The molecule has 0 fully saturated rings. The molecule has 1 aromatic carbocycles. The molecule has 1 rings (SSSR count). The standard InChI is InChI=1S/C12H11F5O2/c1-3-19-10-8(11(13)14)4-7(6(2)18)5-9(10)12(15,16)17/h4-5,11H,3H2,1-2H3. The van der Waals surface area contributed by atoms with Crippen molar-refractivity contribution in [3.8, 4) is 5.75 Å². The largest absolute Gasteiger partial charge is 0.493 e. The van der Waals surface area contributed by atoms with Crippen molar-refractivity contribution < 1.29 is 31.5 Å². The van der Waals surface area contributed by atoms with Crippen molar-refractivity contribution in [2.24, 2.45) is 0 Å². The maximum atomic E-state index is 12.8. The van der Waals surface area contributed by atoms with Gasteiger partial charge in [0.1, 0.15) is 5.75 Å². The number of benzene rings is 1. The quantitative estimate of drug-likeness (QED) is 0.609. The van der Waals surface area contributed by atoms with Crippen LogP contribution in [0.25, 0.3) is 0 Å². The first-order valence-electron chi connectivity index (χ1n) is 5.35. The Morgan fingerprint density at radius 1 is 1.32 bits per heavy atom. The van der Waals surface area contributed by atoms with Crippen molar-refractivity contribution in [1.29, 1.82) is 0 Å². The van der Waals surface area contributed by atoms with Crippen LogP contribution in [0.15, 0.2) is 12.1 Å². The Bertz CT molecular complexity index is 480. The van der Waals surface area contributed by atoms with Gasteiger partial charge in [-0.05, 0) is 26.0 Å². The highest BCUT2D eigenvalue weighted by Gasteiger charge is 2.37. The lowest BCUT2D eigenvalue weighted by atomic mass is 10.0. The number of alkyl halides is 5.